The van der Waals surface area contributed by atoms with Crippen LogP contribution in [0.1, 0.15) is 11.1 Å². The van der Waals surface area contributed by atoms with Crippen LogP contribution in [0.2, 0.25) is 0 Å². The van der Waals surface area contributed by atoms with Gasteiger partial charge >= 0.3 is 0 Å². The molecular formula is C13H18Cl2N4O2. The maximum absolute atomic E-state index is 11.0. The summed E-state index contributed by atoms with van der Waals surface area (Å²) in [4.78, 5) is 17.4. The normalized spacial score (nSPS) is 16.9. The van der Waals surface area contributed by atoms with Crippen molar-refractivity contribution < 1.29 is 4.92 Å². The van der Waals surface area contributed by atoms with Crippen LogP contribution in [-0.2, 0) is 13.0 Å². The fourth-order valence-corrected chi connectivity index (χ4v) is 2.72. The Kier molecular flexibility index (Phi) is 6.39. The summed E-state index contributed by atoms with van der Waals surface area (Å²) in [6.45, 7) is 4.19. The molecule has 1 N–H and O–H groups in total. The fraction of sp³-hybridized carbons (Fsp3) is 0.462. The number of hydrogen-bond donors (Lipinski definition) is 1. The van der Waals surface area contributed by atoms with Crippen molar-refractivity contribution in [3.05, 3.63) is 39.4 Å². The first kappa shape index (κ1) is 17.7. The molecule has 0 aliphatic carbocycles. The van der Waals surface area contributed by atoms with Crippen LogP contribution in [0.4, 0.5) is 5.69 Å². The van der Waals surface area contributed by atoms with E-state index >= 15 is 0 Å². The third-order valence-electron chi connectivity index (χ3n) is 3.63. The smallest absolute Gasteiger partial charge is 0.272 e. The second kappa shape index (κ2) is 7.59. The topological polar surface area (TPSA) is 70.8 Å². The Labute approximate surface area is 135 Å². The summed E-state index contributed by atoms with van der Waals surface area (Å²) in [6, 6.07) is 5.35. The Balaban J connectivity index is 0.00000110. The molecule has 2 aliphatic rings. The Morgan fingerprint density at radius 1 is 1.38 bits per heavy atom. The molecule has 1 aromatic rings. The van der Waals surface area contributed by atoms with E-state index in [0.29, 0.717) is 0 Å². The van der Waals surface area contributed by atoms with Crippen LogP contribution in [0, 0.1) is 10.1 Å². The molecule has 0 saturated heterocycles. The Bertz CT molecular complexity index is 551. The van der Waals surface area contributed by atoms with E-state index in [-0.39, 0.29) is 35.4 Å². The number of halogens is 2. The number of nitrogens with zero attached hydrogens (tertiary/aromatic N) is 3. The number of fused-ring (bicyclic) bond motifs is 1. The number of nitrogens with one attached hydrogen (secondary N) is 1. The van der Waals surface area contributed by atoms with Crippen molar-refractivity contribution in [3.8, 4) is 0 Å². The summed E-state index contributed by atoms with van der Waals surface area (Å²) in [7, 11) is 0. The van der Waals surface area contributed by atoms with Crippen molar-refractivity contribution in [3.63, 3.8) is 0 Å². The highest BCUT2D eigenvalue weighted by Crippen LogP contribution is 2.27. The number of aliphatic imine (C=N–C) groups is 1. The fourth-order valence-electron chi connectivity index (χ4n) is 2.72. The van der Waals surface area contributed by atoms with Gasteiger partial charge < -0.3 is 5.32 Å². The third-order valence-corrected chi connectivity index (χ3v) is 3.63. The zero-order valence-corrected chi connectivity index (χ0v) is 13.1. The summed E-state index contributed by atoms with van der Waals surface area (Å²) in [5.74, 6) is 1.04. The summed E-state index contributed by atoms with van der Waals surface area (Å²) in [6.07, 6.45) is 0.736. The lowest BCUT2D eigenvalue weighted by Gasteiger charge is -2.28. The van der Waals surface area contributed by atoms with E-state index < -0.39 is 0 Å². The van der Waals surface area contributed by atoms with E-state index in [1.165, 1.54) is 0 Å². The van der Waals surface area contributed by atoms with Gasteiger partial charge in [-0.2, -0.15) is 0 Å². The predicted molar refractivity (Wildman–Crippen MR) is 86.9 cm³/mol. The van der Waals surface area contributed by atoms with Gasteiger partial charge in [0.2, 0.25) is 0 Å². The van der Waals surface area contributed by atoms with Crippen molar-refractivity contribution in [2.75, 3.05) is 26.2 Å². The lowest BCUT2D eigenvalue weighted by Crippen LogP contribution is -2.38. The van der Waals surface area contributed by atoms with Gasteiger partial charge in [0.15, 0.2) is 0 Å². The molecule has 116 valence electrons. The molecule has 0 fully saturated rings. The van der Waals surface area contributed by atoms with E-state index in [0.717, 1.165) is 56.1 Å². The van der Waals surface area contributed by atoms with Crippen LogP contribution < -0.4 is 5.32 Å². The molecule has 0 saturated carbocycles. The average Bonchev–Trinajstić information content (AvgIpc) is 2.90. The van der Waals surface area contributed by atoms with E-state index in [9.17, 15) is 10.1 Å². The number of hydrogen-bond acceptors (Lipinski definition) is 5. The predicted octanol–water partition coefficient (Wildman–Crippen LogP) is 1.80. The zero-order chi connectivity index (χ0) is 13.2. The number of rotatable bonds is 3. The molecular weight excluding hydrogens is 315 g/mol. The SMILES string of the molecule is Cl.Cl.O=[N+]([O-])c1cccc2c1CCN(CC1=NCCN1)C2. The second-order valence-electron chi connectivity index (χ2n) is 4.89. The van der Waals surface area contributed by atoms with Crippen molar-refractivity contribution >= 4 is 36.3 Å². The first-order valence-corrected chi connectivity index (χ1v) is 6.49. The minimum absolute atomic E-state index is 0. The van der Waals surface area contributed by atoms with E-state index in [1.54, 1.807) is 12.1 Å². The van der Waals surface area contributed by atoms with Gasteiger partial charge in [-0.3, -0.25) is 20.0 Å². The minimum Gasteiger partial charge on any atom is -0.371 e. The molecule has 3 rings (SSSR count). The molecule has 6 nitrogen and oxygen atoms in total. The summed E-state index contributed by atoms with van der Waals surface area (Å²) < 4.78 is 0. The lowest BCUT2D eigenvalue weighted by molar-refractivity contribution is -0.385. The molecule has 1 aromatic carbocycles. The molecule has 0 unspecified atom stereocenters. The standard InChI is InChI=1S/C13H16N4O2.2ClH/c18-17(19)12-3-1-2-10-8-16(7-4-11(10)12)9-13-14-5-6-15-13;;/h1-3H,4-9H2,(H,14,15);2*1H. The molecule has 0 bridgehead atoms. The van der Waals surface area contributed by atoms with E-state index in [4.69, 9.17) is 0 Å². The van der Waals surface area contributed by atoms with Gasteiger partial charge in [-0.05, 0) is 12.0 Å². The lowest BCUT2D eigenvalue weighted by atomic mass is 9.98. The maximum Gasteiger partial charge on any atom is 0.272 e. The molecule has 0 atom stereocenters. The molecule has 0 spiro atoms. The van der Waals surface area contributed by atoms with Crippen LogP contribution in [0.15, 0.2) is 23.2 Å². The van der Waals surface area contributed by atoms with Gasteiger partial charge in [-0.1, -0.05) is 12.1 Å². The zero-order valence-electron chi connectivity index (χ0n) is 11.4. The van der Waals surface area contributed by atoms with Gasteiger partial charge in [0, 0.05) is 31.3 Å². The number of nitro benzene ring substituents is 1. The Hall–Kier alpha value is -1.37. The van der Waals surface area contributed by atoms with Crippen LogP contribution in [-0.4, -0.2) is 41.8 Å². The van der Waals surface area contributed by atoms with Crippen molar-refractivity contribution in [2.45, 2.75) is 13.0 Å². The van der Waals surface area contributed by atoms with Gasteiger partial charge in [0.25, 0.3) is 5.69 Å². The number of benzene rings is 1. The van der Waals surface area contributed by atoms with Gasteiger partial charge in [0.1, 0.15) is 5.84 Å². The highest BCUT2D eigenvalue weighted by molar-refractivity contribution is 5.86. The van der Waals surface area contributed by atoms with Crippen LogP contribution in [0.25, 0.3) is 0 Å². The molecule has 2 aliphatic heterocycles. The second-order valence-corrected chi connectivity index (χ2v) is 4.89. The van der Waals surface area contributed by atoms with E-state index in [2.05, 4.69) is 15.2 Å². The average molecular weight is 333 g/mol. The summed E-state index contributed by atoms with van der Waals surface area (Å²) in [5.41, 5.74) is 2.22. The van der Waals surface area contributed by atoms with Crippen LogP contribution in [0.3, 0.4) is 0 Å². The van der Waals surface area contributed by atoms with Gasteiger partial charge in [-0.15, -0.1) is 24.8 Å². The Morgan fingerprint density at radius 2 is 2.19 bits per heavy atom. The van der Waals surface area contributed by atoms with Crippen molar-refractivity contribution in [2.24, 2.45) is 4.99 Å². The summed E-state index contributed by atoms with van der Waals surface area (Å²) in [5, 5.41) is 14.3. The maximum atomic E-state index is 11.0. The molecule has 0 radical (unpaired) electrons. The van der Waals surface area contributed by atoms with E-state index in [1.807, 2.05) is 6.07 Å². The molecule has 21 heavy (non-hydrogen) atoms. The third kappa shape index (κ3) is 3.84. The highest BCUT2D eigenvalue weighted by atomic mass is 35.5. The largest absolute Gasteiger partial charge is 0.371 e. The molecule has 0 amide bonds. The number of amidine groups is 1. The van der Waals surface area contributed by atoms with Crippen LogP contribution >= 0.6 is 24.8 Å². The van der Waals surface area contributed by atoms with Gasteiger partial charge in [0.05, 0.1) is 18.0 Å². The monoisotopic (exact) mass is 332 g/mol. The Morgan fingerprint density at radius 3 is 2.86 bits per heavy atom. The first-order valence-electron chi connectivity index (χ1n) is 6.49. The summed E-state index contributed by atoms with van der Waals surface area (Å²) >= 11 is 0. The number of nitro groups is 1. The van der Waals surface area contributed by atoms with Gasteiger partial charge in [-0.25, -0.2) is 0 Å². The quantitative estimate of drug-likeness (QED) is 0.676. The van der Waals surface area contributed by atoms with Crippen molar-refractivity contribution in [1.82, 2.24) is 10.2 Å². The van der Waals surface area contributed by atoms with Crippen LogP contribution in [0.5, 0.6) is 0 Å². The van der Waals surface area contributed by atoms with Crippen molar-refractivity contribution in [1.29, 1.82) is 0 Å². The first-order chi connectivity index (χ1) is 9.24. The minimum atomic E-state index is -0.281. The molecule has 8 heteroatoms. The molecule has 0 aromatic heterocycles. The highest BCUT2D eigenvalue weighted by Gasteiger charge is 2.24. The molecule has 2 heterocycles.